The highest BCUT2D eigenvalue weighted by Crippen LogP contribution is 2.10. The Labute approximate surface area is 81.8 Å². The average molecular weight is 195 g/mol. The lowest BCUT2D eigenvalue weighted by molar-refractivity contribution is -0.127. The maximum Gasteiger partial charge on any atom is 0.225 e. The van der Waals surface area contributed by atoms with Crippen LogP contribution in [0.4, 0.5) is 0 Å². The molecule has 2 N–H and O–H groups in total. The van der Waals surface area contributed by atoms with Crippen molar-refractivity contribution in [1.29, 1.82) is 0 Å². The number of aliphatic hydroxyl groups excluding tert-OH is 1. The SMILES string of the molecule is O=C1CC(O)CN1CCc1ncc[nH]1. The fourth-order valence-corrected chi connectivity index (χ4v) is 1.64. The van der Waals surface area contributed by atoms with E-state index in [-0.39, 0.29) is 12.3 Å². The number of nitrogens with zero attached hydrogens (tertiary/aromatic N) is 2. The molecule has 0 bridgehead atoms. The molecule has 5 nitrogen and oxygen atoms in total. The zero-order valence-electron chi connectivity index (χ0n) is 7.81. The molecule has 1 fully saturated rings. The van der Waals surface area contributed by atoms with Crippen LogP contribution in [0.2, 0.25) is 0 Å². The Morgan fingerprint density at radius 3 is 3.14 bits per heavy atom. The van der Waals surface area contributed by atoms with Crippen molar-refractivity contribution in [2.24, 2.45) is 0 Å². The predicted octanol–water partition coefficient (Wildman–Crippen LogP) is -0.455. The molecule has 0 aromatic carbocycles. The average Bonchev–Trinajstić information content (AvgIpc) is 2.72. The van der Waals surface area contributed by atoms with Gasteiger partial charge in [0.15, 0.2) is 0 Å². The maximum atomic E-state index is 11.3. The first-order valence-electron chi connectivity index (χ1n) is 4.70. The maximum absolute atomic E-state index is 11.3. The van der Waals surface area contributed by atoms with Crippen molar-refractivity contribution in [3.05, 3.63) is 18.2 Å². The number of carbonyl (C=O) groups is 1. The van der Waals surface area contributed by atoms with E-state index >= 15 is 0 Å². The molecule has 2 rings (SSSR count). The molecular weight excluding hydrogens is 182 g/mol. The Kier molecular flexibility index (Phi) is 2.49. The Morgan fingerprint density at radius 1 is 1.71 bits per heavy atom. The first-order valence-corrected chi connectivity index (χ1v) is 4.70. The third-order valence-electron chi connectivity index (χ3n) is 2.37. The lowest BCUT2D eigenvalue weighted by atomic mass is 10.3. The molecule has 0 aliphatic carbocycles. The summed E-state index contributed by atoms with van der Waals surface area (Å²) < 4.78 is 0. The molecule has 1 aromatic heterocycles. The second kappa shape index (κ2) is 3.79. The number of amides is 1. The van der Waals surface area contributed by atoms with Gasteiger partial charge in [-0.15, -0.1) is 0 Å². The summed E-state index contributed by atoms with van der Waals surface area (Å²) in [6.07, 6.45) is 3.94. The molecule has 1 aromatic rings. The number of aromatic amines is 1. The number of rotatable bonds is 3. The van der Waals surface area contributed by atoms with Gasteiger partial charge in [0.1, 0.15) is 5.82 Å². The number of hydrogen-bond donors (Lipinski definition) is 2. The number of carbonyl (C=O) groups excluding carboxylic acids is 1. The van der Waals surface area contributed by atoms with E-state index in [1.165, 1.54) is 0 Å². The molecule has 1 atom stereocenters. The normalized spacial score (nSPS) is 21.9. The fourth-order valence-electron chi connectivity index (χ4n) is 1.64. The first-order chi connectivity index (χ1) is 6.75. The molecule has 14 heavy (non-hydrogen) atoms. The zero-order chi connectivity index (χ0) is 9.97. The lowest BCUT2D eigenvalue weighted by Crippen LogP contribution is -2.28. The van der Waals surface area contributed by atoms with Crippen molar-refractivity contribution in [2.45, 2.75) is 18.9 Å². The van der Waals surface area contributed by atoms with Crippen LogP contribution in [-0.2, 0) is 11.2 Å². The highest BCUT2D eigenvalue weighted by Gasteiger charge is 2.27. The van der Waals surface area contributed by atoms with Crippen LogP contribution in [0.3, 0.4) is 0 Å². The Morgan fingerprint density at radius 2 is 2.57 bits per heavy atom. The second-order valence-corrected chi connectivity index (χ2v) is 3.48. The minimum atomic E-state index is -0.487. The summed E-state index contributed by atoms with van der Waals surface area (Å²) in [6, 6.07) is 0. The molecule has 76 valence electrons. The van der Waals surface area contributed by atoms with Gasteiger partial charge in [-0.2, -0.15) is 0 Å². The quantitative estimate of drug-likeness (QED) is 0.686. The molecule has 0 spiro atoms. The van der Waals surface area contributed by atoms with E-state index in [1.807, 2.05) is 0 Å². The van der Waals surface area contributed by atoms with Crippen LogP contribution in [0, 0.1) is 0 Å². The molecule has 1 saturated heterocycles. The summed E-state index contributed by atoms with van der Waals surface area (Å²) in [6.45, 7) is 1.09. The molecular formula is C9H13N3O2. The van der Waals surface area contributed by atoms with Crippen molar-refractivity contribution < 1.29 is 9.90 Å². The summed E-state index contributed by atoms with van der Waals surface area (Å²) in [7, 11) is 0. The largest absolute Gasteiger partial charge is 0.391 e. The van der Waals surface area contributed by atoms with Gasteiger partial charge in [-0.3, -0.25) is 4.79 Å². The number of aliphatic hydroxyl groups is 1. The van der Waals surface area contributed by atoms with Crippen LogP contribution in [0.1, 0.15) is 12.2 Å². The van der Waals surface area contributed by atoms with E-state index in [1.54, 1.807) is 17.3 Å². The molecule has 5 heteroatoms. The van der Waals surface area contributed by atoms with Crippen molar-refractivity contribution in [1.82, 2.24) is 14.9 Å². The highest BCUT2D eigenvalue weighted by atomic mass is 16.3. The van der Waals surface area contributed by atoms with E-state index in [4.69, 9.17) is 0 Å². The monoisotopic (exact) mass is 195 g/mol. The molecule has 0 radical (unpaired) electrons. The van der Waals surface area contributed by atoms with E-state index in [0.29, 0.717) is 19.5 Å². The van der Waals surface area contributed by atoms with E-state index in [9.17, 15) is 9.90 Å². The van der Waals surface area contributed by atoms with Crippen molar-refractivity contribution in [2.75, 3.05) is 13.1 Å². The second-order valence-electron chi connectivity index (χ2n) is 3.48. The van der Waals surface area contributed by atoms with Crippen LogP contribution < -0.4 is 0 Å². The number of likely N-dealkylation sites (tertiary alicyclic amines) is 1. The van der Waals surface area contributed by atoms with Crippen LogP contribution in [0.25, 0.3) is 0 Å². The third-order valence-corrected chi connectivity index (χ3v) is 2.37. The van der Waals surface area contributed by atoms with Crippen LogP contribution in [-0.4, -0.2) is 45.1 Å². The van der Waals surface area contributed by atoms with Gasteiger partial charge in [-0.1, -0.05) is 0 Å². The van der Waals surface area contributed by atoms with Gasteiger partial charge in [-0.25, -0.2) is 4.98 Å². The van der Waals surface area contributed by atoms with Gasteiger partial charge in [0.05, 0.1) is 12.5 Å². The van der Waals surface area contributed by atoms with Crippen LogP contribution >= 0.6 is 0 Å². The minimum absolute atomic E-state index is 0.0315. The topological polar surface area (TPSA) is 69.2 Å². The van der Waals surface area contributed by atoms with Gasteiger partial charge in [0, 0.05) is 31.9 Å². The van der Waals surface area contributed by atoms with Gasteiger partial charge >= 0.3 is 0 Å². The van der Waals surface area contributed by atoms with Gasteiger partial charge in [-0.05, 0) is 0 Å². The summed E-state index contributed by atoms with van der Waals surface area (Å²) in [5, 5.41) is 9.24. The minimum Gasteiger partial charge on any atom is -0.391 e. The summed E-state index contributed by atoms with van der Waals surface area (Å²) in [5.74, 6) is 0.906. The number of hydrogen-bond acceptors (Lipinski definition) is 3. The summed E-state index contributed by atoms with van der Waals surface area (Å²) in [4.78, 5) is 20.0. The molecule has 1 aliphatic rings. The number of β-amino-alcohol motifs (C(OH)–C–C–N with tert-alkyl or cyclic N) is 1. The third kappa shape index (κ3) is 1.93. The Bertz CT molecular complexity index is 310. The van der Waals surface area contributed by atoms with Gasteiger partial charge in [0.2, 0.25) is 5.91 Å². The van der Waals surface area contributed by atoms with Gasteiger partial charge in [0.25, 0.3) is 0 Å². The van der Waals surface area contributed by atoms with E-state index in [2.05, 4.69) is 9.97 Å². The molecule has 0 saturated carbocycles. The van der Waals surface area contributed by atoms with Crippen molar-refractivity contribution in [3.8, 4) is 0 Å². The number of imidazole rings is 1. The lowest BCUT2D eigenvalue weighted by Gasteiger charge is -2.14. The smallest absolute Gasteiger partial charge is 0.225 e. The fraction of sp³-hybridized carbons (Fsp3) is 0.556. The predicted molar refractivity (Wildman–Crippen MR) is 49.5 cm³/mol. The Hall–Kier alpha value is -1.36. The zero-order valence-corrected chi connectivity index (χ0v) is 7.81. The first kappa shape index (κ1) is 9.21. The van der Waals surface area contributed by atoms with Crippen LogP contribution in [0.15, 0.2) is 12.4 Å². The summed E-state index contributed by atoms with van der Waals surface area (Å²) >= 11 is 0. The van der Waals surface area contributed by atoms with Crippen molar-refractivity contribution >= 4 is 5.91 Å². The molecule has 1 amide bonds. The number of nitrogens with one attached hydrogen (secondary N) is 1. The molecule has 2 heterocycles. The standard InChI is InChI=1S/C9H13N3O2/c13-7-5-9(14)12(6-7)4-1-8-10-2-3-11-8/h2-3,7,13H,1,4-6H2,(H,10,11). The number of aromatic nitrogens is 2. The summed E-state index contributed by atoms with van der Waals surface area (Å²) in [5.41, 5.74) is 0. The van der Waals surface area contributed by atoms with Crippen molar-refractivity contribution in [3.63, 3.8) is 0 Å². The highest BCUT2D eigenvalue weighted by molar-refractivity contribution is 5.78. The molecule has 1 aliphatic heterocycles. The Balaban J connectivity index is 1.84. The molecule has 1 unspecified atom stereocenters. The van der Waals surface area contributed by atoms with Crippen LogP contribution in [0.5, 0.6) is 0 Å². The van der Waals surface area contributed by atoms with E-state index < -0.39 is 6.10 Å². The van der Waals surface area contributed by atoms with E-state index in [0.717, 1.165) is 5.82 Å². The number of H-pyrrole nitrogens is 1. The van der Waals surface area contributed by atoms with Gasteiger partial charge < -0.3 is 15.0 Å².